The molecular weight excluding hydrogens is 266 g/mol. The van der Waals surface area contributed by atoms with E-state index in [1.807, 2.05) is 4.90 Å². The number of carboxylic acid groups (broad SMARTS) is 1. The molecule has 0 aromatic heterocycles. The molecule has 1 saturated heterocycles. The van der Waals surface area contributed by atoms with Gasteiger partial charge in [-0.2, -0.15) is 0 Å². The number of likely N-dealkylation sites (tertiary alicyclic amines) is 1. The molecule has 0 unspecified atom stereocenters. The van der Waals surface area contributed by atoms with E-state index in [0.29, 0.717) is 12.8 Å². The van der Waals surface area contributed by atoms with Crippen LogP contribution in [0.3, 0.4) is 0 Å². The fourth-order valence-corrected chi connectivity index (χ4v) is 2.72. The lowest BCUT2D eigenvalue weighted by Crippen LogP contribution is -2.33. The highest BCUT2D eigenvalue weighted by Crippen LogP contribution is 2.13. The van der Waals surface area contributed by atoms with Gasteiger partial charge in [0.2, 0.25) is 5.91 Å². The highest BCUT2D eigenvalue weighted by Gasteiger charge is 2.14. The van der Waals surface area contributed by atoms with Crippen molar-refractivity contribution in [1.29, 1.82) is 0 Å². The minimum Gasteiger partial charge on any atom is -0.478 e. The van der Waals surface area contributed by atoms with Crippen molar-refractivity contribution < 1.29 is 14.7 Å². The quantitative estimate of drug-likeness (QED) is 0.926. The molecule has 0 spiro atoms. The largest absolute Gasteiger partial charge is 0.478 e. The van der Waals surface area contributed by atoms with Gasteiger partial charge in [-0.1, -0.05) is 31.4 Å². The van der Waals surface area contributed by atoms with Gasteiger partial charge in [0.1, 0.15) is 0 Å². The third kappa shape index (κ3) is 4.88. The van der Waals surface area contributed by atoms with Gasteiger partial charge in [0.05, 0.1) is 5.56 Å². The van der Waals surface area contributed by atoms with Gasteiger partial charge in [-0.05, 0) is 37.0 Å². The molecule has 1 aliphatic rings. The highest BCUT2D eigenvalue weighted by molar-refractivity contribution is 5.87. The predicted molar refractivity (Wildman–Crippen MR) is 81.4 cm³/mol. The lowest BCUT2D eigenvalue weighted by Gasteiger charge is -2.24. The minimum absolute atomic E-state index is 0.221. The first-order chi connectivity index (χ1) is 10.2. The number of aryl methyl sites for hydroxylation is 1. The molecule has 0 aliphatic carbocycles. The summed E-state index contributed by atoms with van der Waals surface area (Å²) >= 11 is 0. The predicted octanol–water partition coefficient (Wildman–Crippen LogP) is 3.11. The standard InChI is InChI=1S/C17H23NO3/c19-16(18-12-4-2-1-3-5-13-18)11-8-14-6-9-15(10-7-14)17(20)21/h6-7,9-10H,1-5,8,11-13H2,(H,20,21). The van der Waals surface area contributed by atoms with E-state index >= 15 is 0 Å². The first-order valence-corrected chi connectivity index (χ1v) is 7.77. The Bertz CT molecular complexity index is 473. The Balaban J connectivity index is 1.83. The SMILES string of the molecule is O=C(O)c1ccc(CCC(=O)N2CCCCCCC2)cc1. The van der Waals surface area contributed by atoms with E-state index in [1.54, 1.807) is 24.3 Å². The number of aromatic carboxylic acids is 1. The molecule has 1 aliphatic heterocycles. The fraction of sp³-hybridized carbons (Fsp3) is 0.529. The number of nitrogens with zero attached hydrogens (tertiary/aromatic N) is 1. The molecule has 2 rings (SSSR count). The maximum atomic E-state index is 12.2. The topological polar surface area (TPSA) is 57.6 Å². The van der Waals surface area contributed by atoms with Gasteiger partial charge in [-0.3, -0.25) is 4.79 Å². The van der Waals surface area contributed by atoms with Crippen molar-refractivity contribution in [2.24, 2.45) is 0 Å². The highest BCUT2D eigenvalue weighted by atomic mass is 16.4. The van der Waals surface area contributed by atoms with E-state index in [-0.39, 0.29) is 11.5 Å². The lowest BCUT2D eigenvalue weighted by atomic mass is 10.1. The number of carbonyl (C=O) groups excluding carboxylic acids is 1. The third-order valence-corrected chi connectivity index (χ3v) is 4.04. The minimum atomic E-state index is -0.918. The number of rotatable bonds is 4. The molecule has 1 aromatic carbocycles. The molecule has 114 valence electrons. The van der Waals surface area contributed by atoms with Gasteiger partial charge in [0.15, 0.2) is 0 Å². The van der Waals surface area contributed by atoms with Crippen LogP contribution in [-0.4, -0.2) is 35.0 Å². The van der Waals surface area contributed by atoms with E-state index in [4.69, 9.17) is 5.11 Å². The smallest absolute Gasteiger partial charge is 0.335 e. The van der Waals surface area contributed by atoms with Crippen molar-refractivity contribution in [3.05, 3.63) is 35.4 Å². The molecule has 4 nitrogen and oxygen atoms in total. The van der Waals surface area contributed by atoms with Crippen molar-refractivity contribution >= 4 is 11.9 Å². The van der Waals surface area contributed by atoms with E-state index in [1.165, 1.54) is 19.3 Å². The third-order valence-electron chi connectivity index (χ3n) is 4.04. The molecule has 4 heteroatoms. The van der Waals surface area contributed by atoms with Crippen LogP contribution in [0.15, 0.2) is 24.3 Å². The molecular formula is C17H23NO3. The van der Waals surface area contributed by atoms with Gasteiger partial charge in [0, 0.05) is 19.5 Å². The number of hydrogen-bond acceptors (Lipinski definition) is 2. The molecule has 0 bridgehead atoms. The second-order valence-corrected chi connectivity index (χ2v) is 5.65. The summed E-state index contributed by atoms with van der Waals surface area (Å²) in [5, 5.41) is 8.85. The Labute approximate surface area is 125 Å². The molecule has 0 atom stereocenters. The van der Waals surface area contributed by atoms with Gasteiger partial charge in [-0.15, -0.1) is 0 Å². The summed E-state index contributed by atoms with van der Waals surface area (Å²) in [6.45, 7) is 1.77. The van der Waals surface area contributed by atoms with Crippen LogP contribution in [0.25, 0.3) is 0 Å². The Morgan fingerprint density at radius 1 is 0.952 bits per heavy atom. The van der Waals surface area contributed by atoms with Crippen LogP contribution >= 0.6 is 0 Å². The summed E-state index contributed by atoms with van der Waals surface area (Å²) in [6, 6.07) is 6.78. The van der Waals surface area contributed by atoms with Gasteiger partial charge < -0.3 is 10.0 Å². The normalized spacial score (nSPS) is 16.1. The fourth-order valence-electron chi connectivity index (χ4n) is 2.72. The van der Waals surface area contributed by atoms with E-state index in [2.05, 4.69) is 0 Å². The summed E-state index contributed by atoms with van der Waals surface area (Å²) in [6.07, 6.45) is 7.14. The van der Waals surface area contributed by atoms with Crippen LogP contribution in [0, 0.1) is 0 Å². The van der Waals surface area contributed by atoms with Gasteiger partial charge in [0.25, 0.3) is 0 Å². The molecule has 1 amide bonds. The van der Waals surface area contributed by atoms with E-state index in [9.17, 15) is 9.59 Å². The molecule has 1 fully saturated rings. The monoisotopic (exact) mass is 289 g/mol. The Hall–Kier alpha value is -1.84. The summed E-state index contributed by atoms with van der Waals surface area (Å²) in [4.78, 5) is 25.0. The number of carboxylic acids is 1. The number of amides is 1. The van der Waals surface area contributed by atoms with Gasteiger partial charge >= 0.3 is 5.97 Å². The summed E-state index contributed by atoms with van der Waals surface area (Å²) in [5.74, 6) is -0.697. The Morgan fingerprint density at radius 2 is 1.52 bits per heavy atom. The zero-order valence-electron chi connectivity index (χ0n) is 12.4. The van der Waals surface area contributed by atoms with Crippen LogP contribution in [0.4, 0.5) is 0 Å². The van der Waals surface area contributed by atoms with Crippen molar-refractivity contribution in [2.45, 2.75) is 44.9 Å². The number of benzene rings is 1. The second kappa shape index (κ2) is 7.81. The maximum absolute atomic E-state index is 12.2. The Kier molecular flexibility index (Phi) is 5.78. The van der Waals surface area contributed by atoms with Crippen LogP contribution in [-0.2, 0) is 11.2 Å². The van der Waals surface area contributed by atoms with E-state index < -0.39 is 5.97 Å². The van der Waals surface area contributed by atoms with Crippen LogP contribution in [0.2, 0.25) is 0 Å². The van der Waals surface area contributed by atoms with Crippen LogP contribution in [0.1, 0.15) is 54.4 Å². The molecule has 0 radical (unpaired) electrons. The van der Waals surface area contributed by atoms with Crippen LogP contribution in [0.5, 0.6) is 0 Å². The summed E-state index contributed by atoms with van der Waals surface area (Å²) < 4.78 is 0. The molecule has 21 heavy (non-hydrogen) atoms. The number of carbonyl (C=O) groups is 2. The lowest BCUT2D eigenvalue weighted by molar-refractivity contribution is -0.131. The molecule has 1 heterocycles. The average molecular weight is 289 g/mol. The Morgan fingerprint density at radius 3 is 2.10 bits per heavy atom. The summed E-state index contributed by atoms with van der Waals surface area (Å²) in [7, 11) is 0. The zero-order valence-corrected chi connectivity index (χ0v) is 12.4. The van der Waals surface area contributed by atoms with E-state index in [0.717, 1.165) is 31.5 Å². The molecule has 1 aromatic rings. The second-order valence-electron chi connectivity index (χ2n) is 5.65. The number of hydrogen-bond donors (Lipinski definition) is 1. The summed E-state index contributed by atoms with van der Waals surface area (Å²) in [5.41, 5.74) is 1.30. The van der Waals surface area contributed by atoms with Crippen molar-refractivity contribution in [3.63, 3.8) is 0 Å². The maximum Gasteiger partial charge on any atom is 0.335 e. The van der Waals surface area contributed by atoms with Crippen molar-refractivity contribution in [1.82, 2.24) is 4.90 Å². The first kappa shape index (κ1) is 15.5. The van der Waals surface area contributed by atoms with Crippen molar-refractivity contribution in [3.8, 4) is 0 Å². The molecule has 0 saturated carbocycles. The van der Waals surface area contributed by atoms with Crippen LogP contribution < -0.4 is 0 Å². The first-order valence-electron chi connectivity index (χ1n) is 7.77. The molecule has 1 N–H and O–H groups in total. The average Bonchev–Trinajstić information content (AvgIpc) is 2.45. The zero-order chi connectivity index (χ0) is 15.1. The van der Waals surface area contributed by atoms with Gasteiger partial charge in [-0.25, -0.2) is 4.79 Å². The van der Waals surface area contributed by atoms with Crippen molar-refractivity contribution in [2.75, 3.05) is 13.1 Å².